The van der Waals surface area contributed by atoms with E-state index in [1.165, 1.54) is 32.1 Å². The van der Waals surface area contributed by atoms with E-state index in [-0.39, 0.29) is 0 Å². The maximum atomic E-state index is 2.61. The lowest BCUT2D eigenvalue weighted by Crippen LogP contribution is -2.45. The first-order valence-electron chi connectivity index (χ1n) is 4.45. The van der Waals surface area contributed by atoms with Gasteiger partial charge in [-0.3, -0.25) is 4.90 Å². The van der Waals surface area contributed by atoms with Crippen molar-refractivity contribution in [2.75, 3.05) is 7.05 Å². The third kappa shape index (κ3) is 0.731. The Bertz CT molecular complexity index is 140. The third-order valence-corrected chi connectivity index (χ3v) is 3.67. The molecule has 1 heteroatoms. The molecule has 2 aliphatic heterocycles. The highest BCUT2D eigenvalue weighted by molar-refractivity contribution is 4.99. The van der Waals surface area contributed by atoms with E-state index in [0.717, 1.165) is 6.04 Å². The molecule has 0 aromatic heterocycles. The predicted octanol–water partition coefficient (Wildman–Crippen LogP) is 2.02. The largest absolute Gasteiger partial charge is 0.298 e. The second-order valence-electron chi connectivity index (χ2n) is 4.19. The normalized spacial score (nSPS) is 48.0. The van der Waals surface area contributed by atoms with Crippen molar-refractivity contribution in [3.8, 4) is 0 Å². The quantitative estimate of drug-likeness (QED) is 0.496. The third-order valence-electron chi connectivity index (χ3n) is 3.67. The fourth-order valence-corrected chi connectivity index (χ4v) is 2.65. The molecule has 0 amide bonds. The van der Waals surface area contributed by atoms with E-state index >= 15 is 0 Å². The molecule has 2 heterocycles. The molecule has 0 spiro atoms. The van der Waals surface area contributed by atoms with Gasteiger partial charge in [0.25, 0.3) is 0 Å². The lowest BCUT2D eigenvalue weighted by Gasteiger charge is -2.39. The van der Waals surface area contributed by atoms with Gasteiger partial charge in [0.2, 0.25) is 0 Å². The SMILES string of the molecule is CN1[C@@H]2CCC[C@@]1(C)CC2. The molecule has 2 aliphatic rings. The second-order valence-corrected chi connectivity index (χ2v) is 4.19. The average molecular weight is 139 g/mol. The lowest BCUT2D eigenvalue weighted by molar-refractivity contribution is 0.0982. The molecular weight excluding hydrogens is 122 g/mol. The van der Waals surface area contributed by atoms with Crippen molar-refractivity contribution in [2.24, 2.45) is 0 Å². The van der Waals surface area contributed by atoms with Gasteiger partial charge < -0.3 is 0 Å². The molecule has 0 aromatic carbocycles. The van der Waals surface area contributed by atoms with Crippen LogP contribution in [-0.2, 0) is 0 Å². The monoisotopic (exact) mass is 139 g/mol. The van der Waals surface area contributed by atoms with Crippen LogP contribution >= 0.6 is 0 Å². The molecule has 2 atom stereocenters. The van der Waals surface area contributed by atoms with Crippen molar-refractivity contribution in [2.45, 2.75) is 50.6 Å². The predicted molar refractivity (Wildman–Crippen MR) is 43.0 cm³/mol. The fourth-order valence-electron chi connectivity index (χ4n) is 2.65. The summed E-state index contributed by atoms with van der Waals surface area (Å²) in [4.78, 5) is 2.61. The number of hydrogen-bond donors (Lipinski definition) is 0. The number of rotatable bonds is 0. The number of fused-ring (bicyclic) bond motifs is 2. The van der Waals surface area contributed by atoms with Gasteiger partial charge in [0.05, 0.1) is 0 Å². The van der Waals surface area contributed by atoms with Crippen LogP contribution in [-0.4, -0.2) is 23.5 Å². The first kappa shape index (κ1) is 6.66. The smallest absolute Gasteiger partial charge is 0.0181 e. The van der Waals surface area contributed by atoms with Crippen LogP contribution in [0.4, 0.5) is 0 Å². The van der Waals surface area contributed by atoms with Crippen molar-refractivity contribution in [1.29, 1.82) is 0 Å². The molecule has 0 saturated carbocycles. The van der Waals surface area contributed by atoms with Crippen molar-refractivity contribution < 1.29 is 0 Å². The Morgan fingerprint density at radius 2 is 2.10 bits per heavy atom. The Kier molecular flexibility index (Phi) is 1.31. The van der Waals surface area contributed by atoms with Crippen LogP contribution in [0.5, 0.6) is 0 Å². The van der Waals surface area contributed by atoms with Crippen molar-refractivity contribution >= 4 is 0 Å². The van der Waals surface area contributed by atoms with E-state index in [2.05, 4.69) is 18.9 Å². The Morgan fingerprint density at radius 1 is 1.30 bits per heavy atom. The molecule has 0 aromatic rings. The summed E-state index contributed by atoms with van der Waals surface area (Å²) in [6.07, 6.45) is 7.23. The molecule has 2 bridgehead atoms. The molecule has 0 N–H and O–H groups in total. The molecule has 0 unspecified atom stereocenters. The maximum Gasteiger partial charge on any atom is 0.0181 e. The van der Waals surface area contributed by atoms with E-state index in [1.807, 2.05) is 0 Å². The van der Waals surface area contributed by atoms with Crippen molar-refractivity contribution in [3.63, 3.8) is 0 Å². The van der Waals surface area contributed by atoms with Crippen LogP contribution < -0.4 is 0 Å². The van der Waals surface area contributed by atoms with Crippen LogP contribution in [0.2, 0.25) is 0 Å². The Labute approximate surface area is 63.4 Å². The van der Waals surface area contributed by atoms with Gasteiger partial charge in [-0.25, -0.2) is 0 Å². The summed E-state index contributed by atoms with van der Waals surface area (Å²) in [5, 5.41) is 0. The highest BCUT2D eigenvalue weighted by atomic mass is 15.2. The number of nitrogens with zero attached hydrogens (tertiary/aromatic N) is 1. The van der Waals surface area contributed by atoms with Gasteiger partial charge in [0.1, 0.15) is 0 Å². The molecule has 2 saturated heterocycles. The van der Waals surface area contributed by atoms with Gasteiger partial charge in [-0.15, -0.1) is 0 Å². The van der Waals surface area contributed by atoms with Gasteiger partial charge in [-0.1, -0.05) is 6.42 Å². The second kappa shape index (κ2) is 1.97. The topological polar surface area (TPSA) is 3.24 Å². The molecule has 1 nitrogen and oxygen atoms in total. The summed E-state index contributed by atoms with van der Waals surface area (Å²) in [6.45, 7) is 2.42. The Morgan fingerprint density at radius 3 is 2.70 bits per heavy atom. The van der Waals surface area contributed by atoms with Gasteiger partial charge >= 0.3 is 0 Å². The zero-order valence-corrected chi connectivity index (χ0v) is 7.06. The van der Waals surface area contributed by atoms with Crippen molar-refractivity contribution in [3.05, 3.63) is 0 Å². The lowest BCUT2D eigenvalue weighted by atomic mass is 9.91. The van der Waals surface area contributed by atoms with Crippen LogP contribution in [0.3, 0.4) is 0 Å². The molecule has 2 fully saturated rings. The minimum Gasteiger partial charge on any atom is -0.298 e. The summed E-state index contributed by atoms with van der Waals surface area (Å²) in [6, 6.07) is 0.929. The van der Waals surface area contributed by atoms with Gasteiger partial charge in [0, 0.05) is 11.6 Å². The fraction of sp³-hybridized carbons (Fsp3) is 1.00. The van der Waals surface area contributed by atoms with Gasteiger partial charge in [-0.2, -0.15) is 0 Å². The van der Waals surface area contributed by atoms with E-state index in [9.17, 15) is 0 Å². The average Bonchev–Trinajstić information content (AvgIpc) is 2.18. The standard InChI is InChI=1S/C9H17N/c1-9-6-3-4-8(5-7-9)10(9)2/h8H,3-7H2,1-2H3/t8-,9+/m1/s1. The molecule has 0 radical (unpaired) electrons. The highest BCUT2D eigenvalue weighted by Crippen LogP contribution is 2.42. The van der Waals surface area contributed by atoms with Crippen molar-refractivity contribution in [1.82, 2.24) is 4.90 Å². The van der Waals surface area contributed by atoms with Gasteiger partial charge in [0.15, 0.2) is 0 Å². The molecule has 58 valence electrons. The van der Waals surface area contributed by atoms with E-state index in [0.29, 0.717) is 5.54 Å². The summed E-state index contributed by atoms with van der Waals surface area (Å²) < 4.78 is 0. The molecular formula is C9H17N. The Hall–Kier alpha value is -0.0400. The summed E-state index contributed by atoms with van der Waals surface area (Å²) in [5.74, 6) is 0. The highest BCUT2D eigenvalue weighted by Gasteiger charge is 2.42. The summed E-state index contributed by atoms with van der Waals surface area (Å²) in [7, 11) is 2.30. The van der Waals surface area contributed by atoms with Crippen LogP contribution in [0.25, 0.3) is 0 Å². The van der Waals surface area contributed by atoms with E-state index < -0.39 is 0 Å². The molecule has 2 rings (SSSR count). The number of hydrogen-bond acceptors (Lipinski definition) is 1. The molecule has 0 aliphatic carbocycles. The van der Waals surface area contributed by atoms with Crippen LogP contribution in [0.15, 0.2) is 0 Å². The first-order valence-corrected chi connectivity index (χ1v) is 4.45. The molecule has 10 heavy (non-hydrogen) atoms. The van der Waals surface area contributed by atoms with E-state index in [1.54, 1.807) is 0 Å². The first-order chi connectivity index (χ1) is 4.72. The minimum absolute atomic E-state index is 0.586. The minimum atomic E-state index is 0.586. The Balaban J connectivity index is 2.21. The van der Waals surface area contributed by atoms with Crippen LogP contribution in [0, 0.1) is 0 Å². The zero-order chi connectivity index (χ0) is 7.19. The maximum absolute atomic E-state index is 2.61. The van der Waals surface area contributed by atoms with Crippen LogP contribution in [0.1, 0.15) is 39.0 Å². The van der Waals surface area contributed by atoms with Gasteiger partial charge in [-0.05, 0) is 39.7 Å². The zero-order valence-electron chi connectivity index (χ0n) is 7.06. The number of piperidine rings is 1. The van der Waals surface area contributed by atoms with E-state index in [4.69, 9.17) is 0 Å². The summed E-state index contributed by atoms with van der Waals surface area (Å²) in [5.41, 5.74) is 0.586. The summed E-state index contributed by atoms with van der Waals surface area (Å²) >= 11 is 0.